The molecule has 0 saturated carbocycles. The van der Waals surface area contributed by atoms with E-state index in [2.05, 4.69) is 59.6 Å². The summed E-state index contributed by atoms with van der Waals surface area (Å²) in [5, 5.41) is 2.29. The van der Waals surface area contributed by atoms with Crippen LogP contribution in [0.15, 0.2) is 55.1 Å². The molecule has 3 aromatic rings. The summed E-state index contributed by atoms with van der Waals surface area (Å²) in [5.41, 5.74) is 0.607. The van der Waals surface area contributed by atoms with Gasteiger partial charge in [0.15, 0.2) is 0 Å². The minimum absolute atomic E-state index is 0.265. The van der Waals surface area contributed by atoms with Crippen molar-refractivity contribution in [1.82, 2.24) is 14.5 Å². The standard InChI is InChI=1S/C26H35N3O3/c1-19(2)28(5)23(16-29-12-11-27-18-29)14-20-7-8-22-15-24(10-9-21(22)13-20)32-17-26(3,4)25(30)31-6/h7-13,15,18-19,23H,14,16-17H2,1-6H3. The number of benzene rings is 2. The zero-order chi connectivity index (χ0) is 23.3. The highest BCUT2D eigenvalue weighted by atomic mass is 16.5. The van der Waals surface area contributed by atoms with Crippen molar-refractivity contribution in [2.75, 3.05) is 20.8 Å². The monoisotopic (exact) mass is 437 g/mol. The first kappa shape index (κ1) is 23.8. The van der Waals surface area contributed by atoms with Crippen LogP contribution < -0.4 is 4.74 Å². The minimum atomic E-state index is -0.694. The van der Waals surface area contributed by atoms with Crippen LogP contribution in [0.25, 0.3) is 10.8 Å². The van der Waals surface area contributed by atoms with Crippen molar-refractivity contribution in [2.45, 2.75) is 52.7 Å². The Bertz CT molecular complexity index is 1030. The summed E-state index contributed by atoms with van der Waals surface area (Å²) in [5.74, 6) is 0.472. The lowest BCUT2D eigenvalue weighted by Crippen LogP contribution is -2.41. The molecule has 0 radical (unpaired) electrons. The lowest BCUT2D eigenvalue weighted by molar-refractivity contribution is -0.152. The second-order valence-electron chi connectivity index (χ2n) is 9.38. The first-order valence-electron chi connectivity index (χ1n) is 11.1. The molecule has 0 bridgehead atoms. The third-order valence-electron chi connectivity index (χ3n) is 6.06. The quantitative estimate of drug-likeness (QED) is 0.435. The number of carbonyl (C=O) groups is 1. The SMILES string of the molecule is COC(=O)C(C)(C)COc1ccc2cc(CC(Cn3ccnc3)N(C)C(C)C)ccc2c1. The van der Waals surface area contributed by atoms with Gasteiger partial charge >= 0.3 is 5.97 Å². The van der Waals surface area contributed by atoms with E-state index in [0.717, 1.165) is 24.1 Å². The van der Waals surface area contributed by atoms with Gasteiger partial charge in [0.2, 0.25) is 0 Å². The first-order chi connectivity index (χ1) is 15.2. The van der Waals surface area contributed by atoms with Gasteiger partial charge in [0.25, 0.3) is 0 Å². The third-order valence-corrected chi connectivity index (χ3v) is 6.06. The van der Waals surface area contributed by atoms with Crippen LogP contribution in [-0.4, -0.2) is 53.3 Å². The number of esters is 1. The van der Waals surface area contributed by atoms with Gasteiger partial charge < -0.3 is 14.0 Å². The number of ether oxygens (including phenoxy) is 2. The number of methoxy groups -OCH3 is 1. The zero-order valence-electron chi connectivity index (χ0n) is 20.0. The predicted molar refractivity (Wildman–Crippen MR) is 128 cm³/mol. The van der Waals surface area contributed by atoms with E-state index in [0.29, 0.717) is 12.1 Å². The van der Waals surface area contributed by atoms with Crippen molar-refractivity contribution in [3.8, 4) is 5.75 Å². The van der Waals surface area contributed by atoms with Crippen molar-refractivity contribution >= 4 is 16.7 Å². The summed E-state index contributed by atoms with van der Waals surface area (Å²) in [7, 11) is 3.59. The van der Waals surface area contributed by atoms with Gasteiger partial charge in [-0.2, -0.15) is 0 Å². The Morgan fingerprint density at radius 2 is 1.88 bits per heavy atom. The Balaban J connectivity index is 1.74. The molecule has 0 N–H and O–H groups in total. The zero-order valence-corrected chi connectivity index (χ0v) is 20.0. The molecule has 3 rings (SSSR count). The van der Waals surface area contributed by atoms with Gasteiger partial charge in [-0.25, -0.2) is 4.98 Å². The van der Waals surface area contributed by atoms with E-state index in [4.69, 9.17) is 9.47 Å². The van der Waals surface area contributed by atoms with E-state index in [1.807, 2.05) is 44.7 Å². The second-order valence-corrected chi connectivity index (χ2v) is 9.38. The molecule has 0 spiro atoms. The molecule has 1 unspecified atom stereocenters. The highest BCUT2D eigenvalue weighted by molar-refractivity contribution is 5.84. The van der Waals surface area contributed by atoms with Crippen molar-refractivity contribution in [3.05, 3.63) is 60.7 Å². The number of nitrogens with zero attached hydrogens (tertiary/aromatic N) is 3. The topological polar surface area (TPSA) is 56.6 Å². The summed E-state index contributed by atoms with van der Waals surface area (Å²) in [6.07, 6.45) is 6.68. The van der Waals surface area contributed by atoms with Crippen molar-refractivity contribution in [2.24, 2.45) is 5.41 Å². The molecule has 1 atom stereocenters. The summed E-state index contributed by atoms with van der Waals surface area (Å²) < 4.78 is 12.9. The normalized spacial score (nSPS) is 13.0. The maximum atomic E-state index is 11.9. The predicted octanol–water partition coefficient (Wildman–Crippen LogP) is 4.57. The Morgan fingerprint density at radius 3 is 2.53 bits per heavy atom. The van der Waals surface area contributed by atoms with E-state index in [9.17, 15) is 4.79 Å². The molecule has 0 saturated heterocycles. The highest BCUT2D eigenvalue weighted by Crippen LogP contribution is 2.26. The average molecular weight is 438 g/mol. The number of hydrogen-bond acceptors (Lipinski definition) is 5. The Morgan fingerprint density at radius 1 is 1.16 bits per heavy atom. The number of fused-ring (bicyclic) bond motifs is 1. The molecule has 6 heteroatoms. The average Bonchev–Trinajstić information content (AvgIpc) is 3.29. The lowest BCUT2D eigenvalue weighted by atomic mass is 9.95. The molecular formula is C26H35N3O3. The summed E-state index contributed by atoms with van der Waals surface area (Å²) >= 11 is 0. The van der Waals surface area contributed by atoms with Crippen LogP contribution in [0, 0.1) is 5.41 Å². The van der Waals surface area contributed by atoms with Crippen molar-refractivity contribution in [3.63, 3.8) is 0 Å². The summed E-state index contributed by atoms with van der Waals surface area (Å²) in [6, 6.07) is 13.5. The van der Waals surface area contributed by atoms with Crippen molar-refractivity contribution in [1.29, 1.82) is 0 Å². The van der Waals surface area contributed by atoms with Crippen LogP contribution in [0.1, 0.15) is 33.3 Å². The number of rotatable bonds is 10. The largest absolute Gasteiger partial charge is 0.492 e. The van der Waals surface area contributed by atoms with E-state index < -0.39 is 5.41 Å². The Hall–Kier alpha value is -2.86. The number of likely N-dealkylation sites (N-methyl/N-ethyl adjacent to an activating group) is 1. The maximum Gasteiger partial charge on any atom is 0.314 e. The maximum absolute atomic E-state index is 11.9. The van der Waals surface area contributed by atoms with Crippen molar-refractivity contribution < 1.29 is 14.3 Å². The Labute approximate surface area is 191 Å². The third kappa shape index (κ3) is 5.88. The fourth-order valence-corrected chi connectivity index (χ4v) is 3.76. The van der Waals surface area contributed by atoms with Gasteiger partial charge in [0.05, 0.1) is 18.9 Å². The first-order valence-corrected chi connectivity index (χ1v) is 11.1. The number of imidazole rings is 1. The van der Waals surface area contributed by atoms with Gasteiger partial charge in [0, 0.05) is 31.0 Å². The molecule has 0 amide bonds. The fourth-order valence-electron chi connectivity index (χ4n) is 3.76. The molecule has 1 heterocycles. The van der Waals surface area contributed by atoms with Crippen LogP contribution in [0.5, 0.6) is 5.75 Å². The second kappa shape index (κ2) is 10.2. The Kier molecular flexibility index (Phi) is 7.56. The number of carbonyl (C=O) groups excluding carboxylic acids is 1. The number of hydrogen-bond donors (Lipinski definition) is 0. The van der Waals surface area contributed by atoms with Gasteiger partial charge in [-0.1, -0.05) is 24.3 Å². The molecular weight excluding hydrogens is 402 g/mol. The molecule has 0 aliphatic rings. The number of aromatic nitrogens is 2. The van der Waals surface area contributed by atoms with Gasteiger partial charge in [-0.15, -0.1) is 0 Å². The lowest BCUT2D eigenvalue weighted by Gasteiger charge is -2.32. The molecule has 1 aromatic heterocycles. The van der Waals surface area contributed by atoms with Crippen LogP contribution in [0.2, 0.25) is 0 Å². The molecule has 2 aromatic carbocycles. The molecule has 0 aliphatic heterocycles. The molecule has 0 fully saturated rings. The smallest absolute Gasteiger partial charge is 0.314 e. The van der Waals surface area contributed by atoms with E-state index in [-0.39, 0.29) is 12.6 Å². The minimum Gasteiger partial charge on any atom is -0.492 e. The van der Waals surface area contributed by atoms with Gasteiger partial charge in [-0.05, 0) is 69.6 Å². The fraction of sp³-hybridized carbons (Fsp3) is 0.462. The van der Waals surface area contributed by atoms with Crippen LogP contribution in [-0.2, 0) is 22.5 Å². The molecule has 32 heavy (non-hydrogen) atoms. The van der Waals surface area contributed by atoms with E-state index in [1.54, 1.807) is 0 Å². The van der Waals surface area contributed by atoms with E-state index in [1.165, 1.54) is 18.1 Å². The van der Waals surface area contributed by atoms with Crippen LogP contribution in [0.4, 0.5) is 0 Å². The molecule has 6 nitrogen and oxygen atoms in total. The summed E-state index contributed by atoms with van der Waals surface area (Å²) in [4.78, 5) is 18.5. The van der Waals surface area contributed by atoms with Crippen LogP contribution >= 0.6 is 0 Å². The van der Waals surface area contributed by atoms with E-state index >= 15 is 0 Å². The van der Waals surface area contributed by atoms with Crippen LogP contribution in [0.3, 0.4) is 0 Å². The van der Waals surface area contributed by atoms with Gasteiger partial charge in [0.1, 0.15) is 12.4 Å². The highest BCUT2D eigenvalue weighted by Gasteiger charge is 2.29. The molecule has 172 valence electrons. The summed E-state index contributed by atoms with van der Waals surface area (Å²) in [6.45, 7) is 9.26. The molecule has 0 aliphatic carbocycles. The van der Waals surface area contributed by atoms with Gasteiger partial charge in [-0.3, -0.25) is 9.69 Å².